The average molecular weight is 379 g/mol. The predicted octanol–water partition coefficient (Wildman–Crippen LogP) is 4.67. The van der Waals surface area contributed by atoms with E-state index in [1.807, 2.05) is 36.4 Å². The lowest BCUT2D eigenvalue weighted by molar-refractivity contribution is -0.384. The molecule has 0 aliphatic heterocycles. The summed E-state index contributed by atoms with van der Waals surface area (Å²) in [7, 11) is -4.10. The number of nitro benzene ring substituents is 1. The van der Waals surface area contributed by atoms with Crippen LogP contribution in [0, 0.1) is 10.1 Å². The Morgan fingerprint density at radius 3 is 2.11 bits per heavy atom. The molecule has 4 aromatic rings. The van der Waals surface area contributed by atoms with E-state index in [0.29, 0.717) is 0 Å². The van der Waals surface area contributed by atoms with Crippen LogP contribution in [0.4, 0.5) is 5.69 Å². The first kappa shape index (κ1) is 17.0. The van der Waals surface area contributed by atoms with Gasteiger partial charge in [-0.1, -0.05) is 42.5 Å². The zero-order chi connectivity index (χ0) is 19.0. The SMILES string of the molecule is O=[N+]([O-])c1ccc(S(=O)(=O)Oc2ccc3ccc4ccccc4c3c2)cc1. The molecule has 0 aromatic heterocycles. The van der Waals surface area contributed by atoms with Crippen LogP contribution >= 0.6 is 0 Å². The molecule has 134 valence electrons. The Morgan fingerprint density at radius 1 is 0.778 bits per heavy atom. The Morgan fingerprint density at radius 2 is 1.41 bits per heavy atom. The van der Waals surface area contributed by atoms with Crippen LogP contribution in [0.1, 0.15) is 0 Å². The maximum atomic E-state index is 12.5. The monoisotopic (exact) mass is 379 g/mol. The minimum atomic E-state index is -4.10. The van der Waals surface area contributed by atoms with E-state index in [1.165, 1.54) is 0 Å². The summed E-state index contributed by atoms with van der Waals surface area (Å²) in [6, 6.07) is 21.4. The average Bonchev–Trinajstić information content (AvgIpc) is 2.67. The van der Waals surface area contributed by atoms with Crippen LogP contribution in [0.3, 0.4) is 0 Å². The molecule has 0 saturated heterocycles. The number of nitro groups is 1. The van der Waals surface area contributed by atoms with Crippen molar-refractivity contribution in [2.45, 2.75) is 4.90 Å². The molecule has 0 unspecified atom stereocenters. The molecule has 27 heavy (non-hydrogen) atoms. The van der Waals surface area contributed by atoms with Gasteiger partial charge in [-0.15, -0.1) is 0 Å². The maximum absolute atomic E-state index is 12.5. The van der Waals surface area contributed by atoms with Gasteiger partial charge in [0.1, 0.15) is 10.6 Å². The lowest BCUT2D eigenvalue weighted by Gasteiger charge is -2.09. The second kappa shape index (κ2) is 6.37. The first-order valence-electron chi connectivity index (χ1n) is 8.04. The second-order valence-corrected chi connectivity index (χ2v) is 7.50. The molecule has 4 rings (SSSR count). The van der Waals surface area contributed by atoms with Gasteiger partial charge in [0.2, 0.25) is 0 Å². The summed E-state index contributed by atoms with van der Waals surface area (Å²) >= 11 is 0. The molecule has 0 bridgehead atoms. The van der Waals surface area contributed by atoms with Crippen molar-refractivity contribution in [3.8, 4) is 5.75 Å². The fourth-order valence-corrected chi connectivity index (χ4v) is 3.86. The van der Waals surface area contributed by atoms with Crippen molar-refractivity contribution in [3.05, 3.63) is 89.0 Å². The lowest BCUT2D eigenvalue weighted by Crippen LogP contribution is -2.09. The zero-order valence-electron chi connectivity index (χ0n) is 13.9. The van der Waals surface area contributed by atoms with Gasteiger partial charge in [-0.25, -0.2) is 0 Å². The summed E-state index contributed by atoms with van der Waals surface area (Å²) in [5.74, 6) is 0.178. The van der Waals surface area contributed by atoms with E-state index in [4.69, 9.17) is 4.18 Å². The van der Waals surface area contributed by atoms with Crippen molar-refractivity contribution in [1.82, 2.24) is 0 Å². The van der Waals surface area contributed by atoms with E-state index in [-0.39, 0.29) is 16.3 Å². The zero-order valence-corrected chi connectivity index (χ0v) is 14.7. The molecule has 0 spiro atoms. The van der Waals surface area contributed by atoms with Crippen LogP contribution in [-0.2, 0) is 10.1 Å². The van der Waals surface area contributed by atoms with E-state index < -0.39 is 15.0 Å². The number of rotatable bonds is 4. The van der Waals surface area contributed by atoms with Crippen molar-refractivity contribution in [2.75, 3.05) is 0 Å². The fourth-order valence-electron chi connectivity index (χ4n) is 2.94. The van der Waals surface area contributed by atoms with Gasteiger partial charge in [-0.05, 0) is 45.8 Å². The lowest BCUT2D eigenvalue weighted by atomic mass is 10.0. The first-order chi connectivity index (χ1) is 12.9. The smallest absolute Gasteiger partial charge is 0.339 e. The minimum absolute atomic E-state index is 0.147. The standard InChI is InChI=1S/C20H13NO5S/c22-21(23)16-8-11-18(12-9-16)27(24,25)26-17-10-7-15-6-5-14-3-1-2-4-19(14)20(15)13-17/h1-13H. The third-order valence-corrected chi connectivity index (χ3v) is 5.52. The summed E-state index contributed by atoms with van der Waals surface area (Å²) in [6.45, 7) is 0. The summed E-state index contributed by atoms with van der Waals surface area (Å²) in [5.41, 5.74) is -0.189. The van der Waals surface area contributed by atoms with Gasteiger partial charge in [0.15, 0.2) is 0 Å². The van der Waals surface area contributed by atoms with Gasteiger partial charge in [-0.2, -0.15) is 8.42 Å². The number of benzene rings is 4. The van der Waals surface area contributed by atoms with Gasteiger partial charge in [0.25, 0.3) is 5.69 Å². The Hall–Kier alpha value is -3.45. The molecular formula is C20H13NO5S. The van der Waals surface area contributed by atoms with Crippen molar-refractivity contribution >= 4 is 37.4 Å². The Kier molecular flexibility index (Phi) is 4.01. The normalized spacial score (nSPS) is 11.6. The number of nitrogens with zero attached hydrogens (tertiary/aromatic N) is 1. The molecule has 7 heteroatoms. The highest BCUT2D eigenvalue weighted by Crippen LogP contribution is 2.30. The van der Waals surface area contributed by atoms with Crippen molar-refractivity contribution in [3.63, 3.8) is 0 Å². The number of fused-ring (bicyclic) bond motifs is 3. The van der Waals surface area contributed by atoms with E-state index in [0.717, 1.165) is 45.8 Å². The van der Waals surface area contributed by atoms with Crippen molar-refractivity contribution < 1.29 is 17.5 Å². The molecule has 0 radical (unpaired) electrons. The van der Waals surface area contributed by atoms with Crippen LogP contribution in [0.2, 0.25) is 0 Å². The van der Waals surface area contributed by atoms with Crippen LogP contribution in [-0.4, -0.2) is 13.3 Å². The molecule has 0 aliphatic carbocycles. The predicted molar refractivity (Wildman–Crippen MR) is 102 cm³/mol. The van der Waals surface area contributed by atoms with Gasteiger partial charge >= 0.3 is 10.1 Å². The summed E-state index contributed by atoms with van der Waals surface area (Å²) < 4.78 is 30.2. The van der Waals surface area contributed by atoms with Crippen LogP contribution in [0.5, 0.6) is 5.75 Å². The van der Waals surface area contributed by atoms with E-state index in [1.54, 1.807) is 18.2 Å². The first-order valence-corrected chi connectivity index (χ1v) is 9.45. The highest BCUT2D eigenvalue weighted by molar-refractivity contribution is 7.87. The second-order valence-electron chi connectivity index (χ2n) is 5.96. The molecule has 0 atom stereocenters. The summed E-state index contributed by atoms with van der Waals surface area (Å²) in [4.78, 5) is 9.97. The molecule has 0 aliphatic rings. The Balaban J connectivity index is 1.73. The van der Waals surface area contributed by atoms with Crippen molar-refractivity contribution in [1.29, 1.82) is 0 Å². The van der Waals surface area contributed by atoms with Gasteiger partial charge < -0.3 is 4.18 Å². The number of non-ortho nitro benzene ring substituents is 1. The highest BCUT2D eigenvalue weighted by atomic mass is 32.2. The van der Waals surface area contributed by atoms with Crippen LogP contribution in [0.15, 0.2) is 83.8 Å². The van der Waals surface area contributed by atoms with E-state index in [9.17, 15) is 18.5 Å². The van der Waals surface area contributed by atoms with Gasteiger partial charge in [0, 0.05) is 12.1 Å². The highest BCUT2D eigenvalue weighted by Gasteiger charge is 2.18. The molecular weight excluding hydrogens is 366 g/mol. The third-order valence-electron chi connectivity index (χ3n) is 4.26. The van der Waals surface area contributed by atoms with E-state index in [2.05, 4.69) is 0 Å². The van der Waals surface area contributed by atoms with Gasteiger partial charge in [-0.3, -0.25) is 10.1 Å². The van der Waals surface area contributed by atoms with Crippen LogP contribution in [0.25, 0.3) is 21.5 Å². The molecule has 0 fully saturated rings. The number of hydrogen-bond acceptors (Lipinski definition) is 5. The quantitative estimate of drug-likeness (QED) is 0.223. The van der Waals surface area contributed by atoms with Crippen LogP contribution < -0.4 is 4.18 Å². The molecule has 0 heterocycles. The molecule has 0 amide bonds. The fraction of sp³-hybridized carbons (Fsp3) is 0. The molecule has 6 nitrogen and oxygen atoms in total. The Labute approximate surface area is 154 Å². The topological polar surface area (TPSA) is 86.5 Å². The van der Waals surface area contributed by atoms with E-state index >= 15 is 0 Å². The molecule has 4 aromatic carbocycles. The summed E-state index contributed by atoms with van der Waals surface area (Å²) in [5, 5.41) is 14.6. The minimum Gasteiger partial charge on any atom is -0.379 e. The molecule has 0 saturated carbocycles. The summed E-state index contributed by atoms with van der Waals surface area (Å²) in [6.07, 6.45) is 0. The van der Waals surface area contributed by atoms with Gasteiger partial charge in [0.05, 0.1) is 4.92 Å². The third kappa shape index (κ3) is 3.20. The maximum Gasteiger partial charge on any atom is 0.339 e. The Bertz CT molecular complexity index is 1280. The van der Waals surface area contributed by atoms with Crippen molar-refractivity contribution in [2.24, 2.45) is 0 Å². The largest absolute Gasteiger partial charge is 0.379 e. The number of hydrogen-bond donors (Lipinski definition) is 0. The molecule has 0 N–H and O–H groups in total.